The van der Waals surface area contributed by atoms with Crippen LogP contribution in [-0.4, -0.2) is 24.3 Å². The summed E-state index contributed by atoms with van der Waals surface area (Å²) < 4.78 is 11.1. The smallest absolute Gasteiger partial charge is 0.342 e. The predicted molar refractivity (Wildman–Crippen MR) is 88.0 cm³/mol. The maximum Gasteiger partial charge on any atom is 0.342 e. The monoisotopic (exact) mass is 404 g/mol. The molecular weight excluding hydrogens is 395 g/mol. The molecule has 2 aromatic rings. The summed E-state index contributed by atoms with van der Waals surface area (Å²) in [6, 6.07) is 9.50. The lowest BCUT2D eigenvalue weighted by atomic mass is 10.2. The minimum Gasteiger partial charge on any atom is -0.507 e. The number of esters is 1. The molecule has 0 saturated carbocycles. The lowest BCUT2D eigenvalue weighted by Gasteiger charge is -2.10. The van der Waals surface area contributed by atoms with E-state index < -0.39 is 5.97 Å². The molecule has 1 N–H and O–H groups in total. The number of rotatable bonds is 5. The van der Waals surface area contributed by atoms with Crippen LogP contribution in [0.2, 0.25) is 10.0 Å². The Morgan fingerprint density at radius 3 is 2.50 bits per heavy atom. The first-order valence-electron chi connectivity index (χ1n) is 6.21. The Hall–Kier alpha value is -1.43. The van der Waals surface area contributed by atoms with Crippen molar-refractivity contribution in [3.05, 3.63) is 56.5 Å². The Labute approximate surface area is 145 Å². The number of para-hydroxylation sites is 1. The Kier molecular flexibility index (Phi) is 5.94. The average molecular weight is 406 g/mol. The molecule has 0 aliphatic carbocycles. The molecule has 4 nitrogen and oxygen atoms in total. The van der Waals surface area contributed by atoms with Gasteiger partial charge in [0, 0.05) is 4.47 Å². The molecule has 116 valence electrons. The van der Waals surface area contributed by atoms with Crippen LogP contribution in [0.4, 0.5) is 0 Å². The molecular formula is C15H11BrCl2O4. The molecule has 22 heavy (non-hydrogen) atoms. The molecule has 2 aromatic carbocycles. The van der Waals surface area contributed by atoms with Gasteiger partial charge in [0.05, 0.1) is 10.0 Å². The van der Waals surface area contributed by atoms with E-state index in [1.165, 1.54) is 12.1 Å². The highest BCUT2D eigenvalue weighted by molar-refractivity contribution is 9.10. The molecule has 2 rings (SSSR count). The third kappa shape index (κ3) is 4.29. The maximum absolute atomic E-state index is 11.9. The summed E-state index contributed by atoms with van der Waals surface area (Å²) in [6.07, 6.45) is 0. The second-order valence-electron chi connectivity index (χ2n) is 4.20. The lowest BCUT2D eigenvalue weighted by Crippen LogP contribution is -2.12. The minimum absolute atomic E-state index is 0.00760. The first-order chi connectivity index (χ1) is 10.5. The van der Waals surface area contributed by atoms with Crippen molar-refractivity contribution in [3.63, 3.8) is 0 Å². The Morgan fingerprint density at radius 1 is 1.14 bits per heavy atom. The van der Waals surface area contributed by atoms with Crippen molar-refractivity contribution in [3.8, 4) is 11.5 Å². The molecule has 0 saturated heterocycles. The zero-order valence-electron chi connectivity index (χ0n) is 11.2. The molecule has 0 fully saturated rings. The van der Waals surface area contributed by atoms with E-state index in [4.69, 9.17) is 32.7 Å². The number of ether oxygens (including phenoxy) is 2. The number of hydrogen-bond acceptors (Lipinski definition) is 4. The van der Waals surface area contributed by atoms with Crippen LogP contribution >= 0.6 is 39.1 Å². The zero-order chi connectivity index (χ0) is 16.1. The van der Waals surface area contributed by atoms with Crippen molar-refractivity contribution < 1.29 is 19.4 Å². The van der Waals surface area contributed by atoms with Crippen LogP contribution in [0.5, 0.6) is 11.5 Å². The summed E-state index contributed by atoms with van der Waals surface area (Å²) in [5.74, 6) is -0.455. The predicted octanol–water partition coefficient (Wildman–Crippen LogP) is 4.70. The summed E-state index contributed by atoms with van der Waals surface area (Å²) in [5.41, 5.74) is 0.0742. The van der Waals surface area contributed by atoms with Crippen molar-refractivity contribution in [2.45, 2.75) is 0 Å². The highest BCUT2D eigenvalue weighted by Crippen LogP contribution is 2.32. The number of phenolic OH excluding ortho intramolecular Hbond substituents is 1. The van der Waals surface area contributed by atoms with Gasteiger partial charge in [-0.3, -0.25) is 0 Å². The summed E-state index contributed by atoms with van der Waals surface area (Å²) >= 11 is 15.1. The average Bonchev–Trinajstić information content (AvgIpc) is 2.48. The summed E-state index contributed by atoms with van der Waals surface area (Å²) in [4.78, 5) is 11.9. The quantitative estimate of drug-likeness (QED) is 0.578. The number of carbonyl (C=O) groups is 1. The first-order valence-corrected chi connectivity index (χ1v) is 7.76. The highest BCUT2D eigenvalue weighted by Gasteiger charge is 2.13. The highest BCUT2D eigenvalue weighted by atomic mass is 79.9. The molecule has 0 atom stereocenters. The summed E-state index contributed by atoms with van der Waals surface area (Å²) in [6.45, 7) is 0.0797. The number of benzene rings is 2. The lowest BCUT2D eigenvalue weighted by molar-refractivity contribution is 0.0447. The molecule has 0 aromatic heterocycles. The van der Waals surface area contributed by atoms with Crippen LogP contribution in [0.3, 0.4) is 0 Å². The number of aromatic hydroxyl groups is 1. The molecule has 0 spiro atoms. The van der Waals surface area contributed by atoms with Gasteiger partial charge in [0.25, 0.3) is 0 Å². The van der Waals surface area contributed by atoms with E-state index in [0.29, 0.717) is 20.3 Å². The zero-order valence-corrected chi connectivity index (χ0v) is 14.3. The van der Waals surface area contributed by atoms with E-state index in [-0.39, 0.29) is 24.5 Å². The standard InChI is InChI=1S/C15H11BrCl2O4/c16-9-4-5-13(19)10(8-9)15(20)22-7-6-21-14-11(17)2-1-3-12(14)18/h1-5,8,19H,6-7H2. The van der Waals surface area contributed by atoms with E-state index in [0.717, 1.165) is 0 Å². The van der Waals surface area contributed by atoms with E-state index in [1.807, 2.05) is 0 Å². The van der Waals surface area contributed by atoms with E-state index >= 15 is 0 Å². The second kappa shape index (κ2) is 7.72. The molecule has 0 heterocycles. The minimum atomic E-state index is -0.646. The van der Waals surface area contributed by atoms with Crippen LogP contribution in [-0.2, 0) is 4.74 Å². The van der Waals surface area contributed by atoms with Gasteiger partial charge >= 0.3 is 5.97 Å². The molecule has 0 aliphatic heterocycles. The van der Waals surface area contributed by atoms with Gasteiger partial charge in [-0.05, 0) is 30.3 Å². The molecule has 7 heteroatoms. The molecule has 0 amide bonds. The van der Waals surface area contributed by atoms with Gasteiger partial charge in [-0.2, -0.15) is 0 Å². The van der Waals surface area contributed by atoms with Gasteiger partial charge in [-0.25, -0.2) is 4.79 Å². The van der Waals surface area contributed by atoms with Gasteiger partial charge in [0.2, 0.25) is 0 Å². The van der Waals surface area contributed by atoms with Gasteiger partial charge in [0.15, 0.2) is 5.75 Å². The fourth-order valence-electron chi connectivity index (χ4n) is 1.65. The van der Waals surface area contributed by atoms with Crippen LogP contribution < -0.4 is 4.74 Å². The van der Waals surface area contributed by atoms with Crippen molar-refractivity contribution in [1.29, 1.82) is 0 Å². The van der Waals surface area contributed by atoms with E-state index in [1.54, 1.807) is 24.3 Å². The largest absolute Gasteiger partial charge is 0.507 e. The molecule has 0 radical (unpaired) electrons. The normalized spacial score (nSPS) is 10.3. The summed E-state index contributed by atoms with van der Waals surface area (Å²) in [7, 11) is 0. The van der Waals surface area contributed by atoms with Gasteiger partial charge in [-0.15, -0.1) is 0 Å². The fourth-order valence-corrected chi connectivity index (χ4v) is 2.52. The van der Waals surface area contributed by atoms with Crippen LogP contribution in [0.1, 0.15) is 10.4 Å². The number of halogens is 3. The van der Waals surface area contributed by atoms with Crippen LogP contribution in [0, 0.1) is 0 Å². The Bertz CT molecular complexity index is 671. The van der Waals surface area contributed by atoms with Gasteiger partial charge in [-0.1, -0.05) is 45.2 Å². The van der Waals surface area contributed by atoms with Gasteiger partial charge in [0.1, 0.15) is 24.5 Å². The number of phenols is 1. The molecule has 0 bridgehead atoms. The molecule has 0 aliphatic rings. The van der Waals surface area contributed by atoms with Crippen molar-refractivity contribution >= 4 is 45.1 Å². The van der Waals surface area contributed by atoms with Crippen molar-refractivity contribution in [1.82, 2.24) is 0 Å². The van der Waals surface area contributed by atoms with E-state index in [9.17, 15) is 9.90 Å². The summed E-state index contributed by atoms with van der Waals surface area (Å²) in [5, 5.41) is 10.4. The third-order valence-electron chi connectivity index (χ3n) is 2.66. The van der Waals surface area contributed by atoms with Crippen molar-refractivity contribution in [2.75, 3.05) is 13.2 Å². The fraction of sp³-hybridized carbons (Fsp3) is 0.133. The van der Waals surface area contributed by atoms with Crippen LogP contribution in [0.25, 0.3) is 0 Å². The van der Waals surface area contributed by atoms with Crippen LogP contribution in [0.15, 0.2) is 40.9 Å². The van der Waals surface area contributed by atoms with E-state index in [2.05, 4.69) is 15.9 Å². The second-order valence-corrected chi connectivity index (χ2v) is 5.93. The first kappa shape index (κ1) is 16.9. The molecule has 0 unspecified atom stereocenters. The topological polar surface area (TPSA) is 55.8 Å². The Morgan fingerprint density at radius 2 is 1.82 bits per heavy atom. The third-order valence-corrected chi connectivity index (χ3v) is 3.75. The van der Waals surface area contributed by atoms with Gasteiger partial charge < -0.3 is 14.6 Å². The SMILES string of the molecule is O=C(OCCOc1c(Cl)cccc1Cl)c1cc(Br)ccc1O. The van der Waals surface area contributed by atoms with Crippen molar-refractivity contribution in [2.24, 2.45) is 0 Å². The number of hydrogen-bond donors (Lipinski definition) is 1. The maximum atomic E-state index is 11.9. The Balaban J connectivity index is 1.89. The number of carbonyl (C=O) groups excluding carboxylic acids is 1.